The smallest absolute Gasteiger partial charge is 0.123 e. The molecule has 0 radical (unpaired) electrons. The molecule has 3 heteroatoms. The minimum absolute atomic E-state index is 0.182. The summed E-state index contributed by atoms with van der Waals surface area (Å²) in [7, 11) is 0. The summed E-state index contributed by atoms with van der Waals surface area (Å²) >= 11 is 0. The van der Waals surface area contributed by atoms with E-state index in [2.05, 4.69) is 17.2 Å². The molecule has 0 saturated heterocycles. The lowest BCUT2D eigenvalue weighted by Gasteiger charge is -2.15. The number of rotatable bonds is 4. The van der Waals surface area contributed by atoms with Gasteiger partial charge in [0.1, 0.15) is 5.82 Å². The zero-order valence-corrected chi connectivity index (χ0v) is 10.7. The molecule has 0 aliphatic heterocycles. The van der Waals surface area contributed by atoms with Gasteiger partial charge < -0.3 is 5.32 Å². The normalized spacial score (nSPS) is 12.4. The van der Waals surface area contributed by atoms with E-state index >= 15 is 0 Å². The van der Waals surface area contributed by atoms with Gasteiger partial charge in [0.2, 0.25) is 0 Å². The van der Waals surface area contributed by atoms with Gasteiger partial charge in [0.05, 0.1) is 0 Å². The van der Waals surface area contributed by atoms with Gasteiger partial charge >= 0.3 is 0 Å². The summed E-state index contributed by atoms with van der Waals surface area (Å²) in [5, 5.41) is 3.43. The maximum absolute atomic E-state index is 13.0. The highest BCUT2D eigenvalue weighted by atomic mass is 19.1. The third kappa shape index (κ3) is 3.14. The van der Waals surface area contributed by atoms with Gasteiger partial charge in [-0.1, -0.05) is 6.07 Å². The van der Waals surface area contributed by atoms with Crippen molar-refractivity contribution >= 4 is 0 Å². The number of benzene rings is 1. The molecule has 1 N–H and O–H groups in total. The number of aryl methyl sites for hydroxylation is 1. The fourth-order valence-electron chi connectivity index (χ4n) is 1.89. The van der Waals surface area contributed by atoms with Crippen LogP contribution in [0, 0.1) is 12.7 Å². The number of halogens is 1. The average molecular weight is 244 g/mol. The number of pyridine rings is 1. The van der Waals surface area contributed by atoms with Gasteiger partial charge in [-0.3, -0.25) is 4.98 Å². The molecule has 0 unspecified atom stereocenters. The van der Waals surface area contributed by atoms with Crippen molar-refractivity contribution in [2.45, 2.75) is 26.4 Å². The molecule has 1 aromatic heterocycles. The first-order valence-electron chi connectivity index (χ1n) is 6.05. The minimum Gasteiger partial charge on any atom is -0.306 e. The summed E-state index contributed by atoms with van der Waals surface area (Å²) in [6.07, 6.45) is 3.58. The number of nitrogens with one attached hydrogen (secondary N) is 1. The standard InChI is InChI=1S/C15H17FN2/c1-11-9-15(16)4-3-14(11)10-18-12(2)13-5-7-17-8-6-13/h3-9,12,18H,10H2,1-2H3/t12-/m0/s1. The second kappa shape index (κ2) is 5.74. The lowest BCUT2D eigenvalue weighted by Crippen LogP contribution is -2.18. The van der Waals surface area contributed by atoms with Crippen LogP contribution >= 0.6 is 0 Å². The van der Waals surface area contributed by atoms with Crippen LogP contribution < -0.4 is 5.32 Å². The van der Waals surface area contributed by atoms with Crippen LogP contribution in [0.2, 0.25) is 0 Å². The zero-order valence-electron chi connectivity index (χ0n) is 10.7. The van der Waals surface area contributed by atoms with Crippen molar-refractivity contribution in [2.24, 2.45) is 0 Å². The van der Waals surface area contributed by atoms with Crippen LogP contribution in [0.5, 0.6) is 0 Å². The zero-order chi connectivity index (χ0) is 13.0. The van der Waals surface area contributed by atoms with Gasteiger partial charge in [-0.05, 0) is 54.8 Å². The van der Waals surface area contributed by atoms with Crippen LogP contribution in [0.1, 0.15) is 29.7 Å². The molecule has 0 spiro atoms. The third-order valence-corrected chi connectivity index (χ3v) is 3.11. The van der Waals surface area contributed by atoms with Crippen molar-refractivity contribution < 1.29 is 4.39 Å². The molecule has 0 fully saturated rings. The molecule has 0 amide bonds. The number of hydrogen-bond donors (Lipinski definition) is 1. The molecule has 0 bridgehead atoms. The van der Waals surface area contributed by atoms with E-state index in [0.717, 1.165) is 17.7 Å². The van der Waals surface area contributed by atoms with E-state index in [1.165, 1.54) is 11.6 Å². The first-order chi connectivity index (χ1) is 8.66. The van der Waals surface area contributed by atoms with Gasteiger partial charge in [0.15, 0.2) is 0 Å². The summed E-state index contributed by atoms with van der Waals surface area (Å²) in [6.45, 7) is 4.76. The molecule has 2 aromatic rings. The predicted octanol–water partition coefficient (Wildman–Crippen LogP) is 3.38. The molecule has 1 atom stereocenters. The highest BCUT2D eigenvalue weighted by Gasteiger charge is 2.05. The molecule has 0 aliphatic rings. The van der Waals surface area contributed by atoms with Crippen molar-refractivity contribution in [1.82, 2.24) is 10.3 Å². The molecular weight excluding hydrogens is 227 g/mol. The summed E-state index contributed by atoms with van der Waals surface area (Å²) < 4.78 is 13.0. The second-order valence-corrected chi connectivity index (χ2v) is 4.45. The van der Waals surface area contributed by atoms with Gasteiger partial charge in [-0.2, -0.15) is 0 Å². The van der Waals surface area contributed by atoms with E-state index < -0.39 is 0 Å². The van der Waals surface area contributed by atoms with Crippen LogP contribution in [0.15, 0.2) is 42.7 Å². The topological polar surface area (TPSA) is 24.9 Å². The Morgan fingerprint density at radius 1 is 1.22 bits per heavy atom. The average Bonchev–Trinajstić information content (AvgIpc) is 2.38. The Kier molecular flexibility index (Phi) is 4.05. The van der Waals surface area contributed by atoms with Gasteiger partial charge in [0, 0.05) is 25.0 Å². The SMILES string of the molecule is Cc1cc(F)ccc1CN[C@@H](C)c1ccncc1. The van der Waals surface area contributed by atoms with Crippen LogP contribution in [0.3, 0.4) is 0 Å². The molecule has 1 aromatic carbocycles. The largest absolute Gasteiger partial charge is 0.306 e. The summed E-state index contributed by atoms with van der Waals surface area (Å²) in [5.74, 6) is -0.182. The van der Waals surface area contributed by atoms with Gasteiger partial charge in [0.25, 0.3) is 0 Å². The molecule has 1 heterocycles. The maximum atomic E-state index is 13.0. The Hall–Kier alpha value is -1.74. The highest BCUT2D eigenvalue weighted by molar-refractivity contribution is 5.26. The molecule has 18 heavy (non-hydrogen) atoms. The van der Waals surface area contributed by atoms with E-state index in [1.54, 1.807) is 18.5 Å². The van der Waals surface area contributed by atoms with Crippen molar-refractivity contribution in [3.63, 3.8) is 0 Å². The third-order valence-electron chi connectivity index (χ3n) is 3.11. The van der Waals surface area contributed by atoms with Crippen molar-refractivity contribution in [1.29, 1.82) is 0 Å². The molecule has 94 valence electrons. The summed E-state index contributed by atoms with van der Waals surface area (Å²) in [6, 6.07) is 9.13. The van der Waals surface area contributed by atoms with Crippen LogP contribution in [-0.4, -0.2) is 4.98 Å². The summed E-state index contributed by atoms with van der Waals surface area (Å²) in [4.78, 5) is 4.00. The Balaban J connectivity index is 1.99. The van der Waals surface area contributed by atoms with Gasteiger partial charge in [-0.25, -0.2) is 4.39 Å². The maximum Gasteiger partial charge on any atom is 0.123 e. The van der Waals surface area contributed by atoms with E-state index in [4.69, 9.17) is 0 Å². The fourth-order valence-corrected chi connectivity index (χ4v) is 1.89. The predicted molar refractivity (Wildman–Crippen MR) is 70.6 cm³/mol. The quantitative estimate of drug-likeness (QED) is 0.891. The van der Waals surface area contributed by atoms with Crippen molar-refractivity contribution in [3.05, 3.63) is 65.2 Å². The Bertz CT molecular complexity index is 511. The van der Waals surface area contributed by atoms with E-state index in [-0.39, 0.29) is 11.9 Å². The lowest BCUT2D eigenvalue weighted by atomic mass is 10.1. The fraction of sp³-hybridized carbons (Fsp3) is 0.267. The molecule has 2 nitrogen and oxygen atoms in total. The Morgan fingerprint density at radius 3 is 2.61 bits per heavy atom. The van der Waals surface area contributed by atoms with Crippen LogP contribution in [0.25, 0.3) is 0 Å². The number of hydrogen-bond acceptors (Lipinski definition) is 2. The number of nitrogens with zero attached hydrogens (tertiary/aromatic N) is 1. The monoisotopic (exact) mass is 244 g/mol. The highest BCUT2D eigenvalue weighted by Crippen LogP contribution is 2.14. The Labute approximate surface area is 107 Å². The Morgan fingerprint density at radius 2 is 1.94 bits per heavy atom. The molecule has 0 saturated carbocycles. The van der Waals surface area contributed by atoms with Crippen molar-refractivity contribution in [2.75, 3.05) is 0 Å². The molecular formula is C15H17FN2. The van der Waals surface area contributed by atoms with E-state index in [9.17, 15) is 4.39 Å². The first-order valence-corrected chi connectivity index (χ1v) is 6.05. The van der Waals surface area contributed by atoms with Crippen LogP contribution in [0.4, 0.5) is 4.39 Å². The van der Waals surface area contributed by atoms with Gasteiger partial charge in [-0.15, -0.1) is 0 Å². The minimum atomic E-state index is -0.182. The second-order valence-electron chi connectivity index (χ2n) is 4.45. The first kappa shape index (κ1) is 12.7. The van der Waals surface area contributed by atoms with Crippen molar-refractivity contribution in [3.8, 4) is 0 Å². The van der Waals surface area contributed by atoms with E-state index in [1.807, 2.05) is 25.1 Å². The lowest BCUT2D eigenvalue weighted by molar-refractivity contribution is 0.570. The molecule has 2 rings (SSSR count). The molecule has 0 aliphatic carbocycles. The number of aromatic nitrogens is 1. The summed E-state index contributed by atoms with van der Waals surface area (Å²) in [5.41, 5.74) is 3.30. The van der Waals surface area contributed by atoms with Crippen LogP contribution in [-0.2, 0) is 6.54 Å². The van der Waals surface area contributed by atoms with E-state index in [0.29, 0.717) is 0 Å².